The van der Waals surface area contributed by atoms with Gasteiger partial charge in [0.25, 0.3) is 0 Å². The van der Waals surface area contributed by atoms with Gasteiger partial charge in [0.2, 0.25) is 0 Å². The Morgan fingerprint density at radius 2 is 2.05 bits per heavy atom. The molecule has 100 valence electrons. The maximum absolute atomic E-state index is 13.4. The number of aryl methyl sites for hydroxylation is 1. The highest BCUT2D eigenvalue weighted by Crippen LogP contribution is 2.15. The third-order valence-corrected chi connectivity index (χ3v) is 2.90. The first-order valence-corrected chi connectivity index (χ1v) is 6.21. The van der Waals surface area contributed by atoms with Crippen molar-refractivity contribution in [1.82, 2.24) is 10.3 Å². The van der Waals surface area contributed by atoms with Crippen molar-refractivity contribution in [3.8, 4) is 0 Å². The Morgan fingerprint density at radius 1 is 1.26 bits per heavy atom. The number of pyridine rings is 1. The highest BCUT2D eigenvalue weighted by atomic mass is 19.1. The van der Waals surface area contributed by atoms with Gasteiger partial charge in [0.05, 0.1) is 6.10 Å². The van der Waals surface area contributed by atoms with E-state index in [2.05, 4.69) is 10.3 Å². The minimum Gasteiger partial charge on any atom is -0.387 e. The van der Waals surface area contributed by atoms with E-state index in [-0.39, 0.29) is 5.82 Å². The number of nitrogens with zero attached hydrogens (tertiary/aromatic N) is 1. The fourth-order valence-electron chi connectivity index (χ4n) is 1.81. The van der Waals surface area contributed by atoms with E-state index in [0.717, 1.165) is 11.3 Å². The number of aromatic nitrogens is 1. The van der Waals surface area contributed by atoms with Crippen LogP contribution < -0.4 is 5.32 Å². The molecule has 1 atom stereocenters. The summed E-state index contributed by atoms with van der Waals surface area (Å²) in [4.78, 5) is 4.19. The van der Waals surface area contributed by atoms with Crippen LogP contribution in [0.15, 0.2) is 42.6 Å². The Hall–Kier alpha value is -1.78. The van der Waals surface area contributed by atoms with Gasteiger partial charge in [0, 0.05) is 30.5 Å². The minimum absolute atomic E-state index is 0.300. The lowest BCUT2D eigenvalue weighted by Gasteiger charge is -2.13. The quantitative estimate of drug-likeness (QED) is 0.867. The number of aliphatic hydroxyl groups is 1. The summed E-state index contributed by atoms with van der Waals surface area (Å²) < 4.78 is 13.4. The van der Waals surface area contributed by atoms with Gasteiger partial charge in [-0.05, 0) is 24.6 Å². The zero-order valence-electron chi connectivity index (χ0n) is 10.8. The molecule has 0 fully saturated rings. The molecule has 2 N–H and O–H groups in total. The molecule has 1 aromatic carbocycles. The normalized spacial score (nSPS) is 12.4. The van der Waals surface area contributed by atoms with Crippen molar-refractivity contribution in [2.45, 2.75) is 19.6 Å². The van der Waals surface area contributed by atoms with E-state index in [9.17, 15) is 9.50 Å². The summed E-state index contributed by atoms with van der Waals surface area (Å²) in [5, 5.41) is 13.0. The number of rotatable bonds is 5. The largest absolute Gasteiger partial charge is 0.387 e. The molecule has 0 radical (unpaired) electrons. The molecule has 4 heteroatoms. The minimum atomic E-state index is -0.848. The van der Waals surface area contributed by atoms with E-state index >= 15 is 0 Å². The Bertz CT molecular complexity index is 528. The fourth-order valence-corrected chi connectivity index (χ4v) is 1.81. The second-order valence-corrected chi connectivity index (χ2v) is 4.48. The first-order chi connectivity index (χ1) is 9.16. The standard InChI is InChI=1S/C15H17FN2O/c1-11-6-7-12(9-18-11)8-17-10-15(19)13-4-2-3-5-14(13)16/h2-7,9,15,17,19H,8,10H2,1H3. The van der Waals surface area contributed by atoms with E-state index < -0.39 is 6.10 Å². The van der Waals surface area contributed by atoms with E-state index in [1.807, 2.05) is 19.1 Å². The zero-order valence-corrected chi connectivity index (χ0v) is 10.8. The van der Waals surface area contributed by atoms with Crippen molar-refractivity contribution < 1.29 is 9.50 Å². The molecular formula is C15H17FN2O. The van der Waals surface area contributed by atoms with Crippen LogP contribution in [0.4, 0.5) is 4.39 Å². The Balaban J connectivity index is 1.86. The van der Waals surface area contributed by atoms with Crippen molar-refractivity contribution in [3.05, 3.63) is 65.2 Å². The fraction of sp³-hybridized carbons (Fsp3) is 0.267. The van der Waals surface area contributed by atoms with Crippen LogP contribution >= 0.6 is 0 Å². The van der Waals surface area contributed by atoms with Gasteiger partial charge in [-0.15, -0.1) is 0 Å². The third kappa shape index (κ3) is 3.84. The van der Waals surface area contributed by atoms with Gasteiger partial charge in [-0.2, -0.15) is 0 Å². The number of nitrogens with one attached hydrogen (secondary N) is 1. The molecule has 3 nitrogen and oxygen atoms in total. The van der Waals surface area contributed by atoms with Crippen LogP contribution in [0.1, 0.15) is 22.9 Å². The topological polar surface area (TPSA) is 45.1 Å². The Labute approximate surface area is 112 Å². The highest BCUT2D eigenvalue weighted by Gasteiger charge is 2.11. The second kappa shape index (κ2) is 6.41. The number of hydrogen-bond donors (Lipinski definition) is 2. The van der Waals surface area contributed by atoms with E-state index in [1.54, 1.807) is 24.4 Å². The summed E-state index contributed by atoms with van der Waals surface area (Å²) in [5.74, 6) is -0.381. The van der Waals surface area contributed by atoms with Crippen molar-refractivity contribution in [3.63, 3.8) is 0 Å². The lowest BCUT2D eigenvalue weighted by molar-refractivity contribution is 0.169. The van der Waals surface area contributed by atoms with Gasteiger partial charge in [0.1, 0.15) is 5.82 Å². The lowest BCUT2D eigenvalue weighted by Crippen LogP contribution is -2.21. The number of benzene rings is 1. The summed E-state index contributed by atoms with van der Waals surface area (Å²) in [6, 6.07) is 10.2. The summed E-state index contributed by atoms with van der Waals surface area (Å²) in [6.45, 7) is 2.83. The van der Waals surface area contributed by atoms with Gasteiger partial charge in [0.15, 0.2) is 0 Å². The van der Waals surface area contributed by atoms with Crippen molar-refractivity contribution >= 4 is 0 Å². The summed E-state index contributed by atoms with van der Waals surface area (Å²) >= 11 is 0. The molecule has 0 aliphatic rings. The predicted octanol–water partition coefficient (Wildman–Crippen LogP) is 2.35. The van der Waals surface area contributed by atoms with Gasteiger partial charge in [-0.3, -0.25) is 4.98 Å². The molecule has 1 aromatic heterocycles. The molecule has 19 heavy (non-hydrogen) atoms. The smallest absolute Gasteiger partial charge is 0.129 e. The second-order valence-electron chi connectivity index (χ2n) is 4.48. The molecule has 0 saturated heterocycles. The molecule has 2 aromatic rings. The van der Waals surface area contributed by atoms with Crippen LogP contribution in [0.3, 0.4) is 0 Å². The Morgan fingerprint density at radius 3 is 2.74 bits per heavy atom. The molecule has 1 heterocycles. The Kier molecular flexibility index (Phi) is 4.60. The van der Waals surface area contributed by atoms with E-state index in [0.29, 0.717) is 18.7 Å². The molecule has 0 bridgehead atoms. The van der Waals surface area contributed by atoms with Crippen molar-refractivity contribution in [1.29, 1.82) is 0 Å². The molecule has 1 unspecified atom stereocenters. The number of halogens is 1. The summed E-state index contributed by atoms with van der Waals surface area (Å²) in [7, 11) is 0. The maximum atomic E-state index is 13.4. The van der Waals surface area contributed by atoms with Crippen LogP contribution in [0.5, 0.6) is 0 Å². The highest BCUT2D eigenvalue weighted by molar-refractivity contribution is 5.20. The first kappa shape index (κ1) is 13.6. The zero-order chi connectivity index (χ0) is 13.7. The van der Waals surface area contributed by atoms with E-state index in [1.165, 1.54) is 6.07 Å². The van der Waals surface area contributed by atoms with Gasteiger partial charge >= 0.3 is 0 Å². The number of hydrogen-bond acceptors (Lipinski definition) is 3. The van der Waals surface area contributed by atoms with Crippen LogP contribution in [-0.4, -0.2) is 16.6 Å². The molecule has 0 aliphatic carbocycles. The van der Waals surface area contributed by atoms with Crippen LogP contribution in [0, 0.1) is 12.7 Å². The first-order valence-electron chi connectivity index (χ1n) is 6.21. The number of aliphatic hydroxyl groups excluding tert-OH is 1. The van der Waals surface area contributed by atoms with Crippen LogP contribution in [0.2, 0.25) is 0 Å². The predicted molar refractivity (Wildman–Crippen MR) is 72.0 cm³/mol. The summed E-state index contributed by atoms with van der Waals surface area (Å²) in [6.07, 6.45) is 0.942. The molecule has 0 spiro atoms. The maximum Gasteiger partial charge on any atom is 0.129 e. The molecular weight excluding hydrogens is 243 g/mol. The monoisotopic (exact) mass is 260 g/mol. The van der Waals surface area contributed by atoms with Gasteiger partial charge in [-0.25, -0.2) is 4.39 Å². The van der Waals surface area contributed by atoms with Gasteiger partial charge in [-0.1, -0.05) is 24.3 Å². The van der Waals surface area contributed by atoms with Crippen LogP contribution in [0.25, 0.3) is 0 Å². The van der Waals surface area contributed by atoms with Crippen molar-refractivity contribution in [2.24, 2.45) is 0 Å². The third-order valence-electron chi connectivity index (χ3n) is 2.90. The van der Waals surface area contributed by atoms with Crippen LogP contribution in [-0.2, 0) is 6.54 Å². The molecule has 0 aliphatic heterocycles. The average Bonchev–Trinajstić information content (AvgIpc) is 2.41. The SMILES string of the molecule is Cc1ccc(CNCC(O)c2ccccc2F)cn1. The van der Waals surface area contributed by atoms with Crippen molar-refractivity contribution in [2.75, 3.05) is 6.54 Å². The lowest BCUT2D eigenvalue weighted by atomic mass is 10.1. The molecule has 2 rings (SSSR count). The molecule has 0 amide bonds. The van der Waals surface area contributed by atoms with Gasteiger partial charge < -0.3 is 10.4 Å². The van der Waals surface area contributed by atoms with E-state index in [4.69, 9.17) is 0 Å². The average molecular weight is 260 g/mol. The molecule has 0 saturated carbocycles. The summed E-state index contributed by atoms with van der Waals surface area (Å²) in [5.41, 5.74) is 2.32.